The minimum Gasteiger partial charge on any atom is -0.362 e. The highest BCUT2D eigenvalue weighted by Gasteiger charge is 2.24. The average molecular weight is 430 g/mol. The maximum Gasteiger partial charge on any atom is 0.292 e. The largest absolute Gasteiger partial charge is 0.362 e. The number of nitro benzene ring substituents is 1. The zero-order valence-electron chi connectivity index (χ0n) is 16.4. The second kappa shape index (κ2) is 9.06. The Kier molecular flexibility index (Phi) is 6.48. The van der Waals surface area contributed by atoms with Gasteiger partial charge in [0, 0.05) is 38.3 Å². The number of carbonyl (C=O) groups excluding carboxylic acids is 1. The van der Waals surface area contributed by atoms with Crippen LogP contribution in [-0.4, -0.2) is 57.4 Å². The molecule has 0 unspecified atom stereocenters. The van der Waals surface area contributed by atoms with Gasteiger partial charge in [-0.25, -0.2) is 13.1 Å². The Bertz CT molecular complexity index is 1060. The lowest BCUT2D eigenvalue weighted by Gasteiger charge is -2.35. The zero-order chi connectivity index (χ0) is 21.7. The summed E-state index contributed by atoms with van der Waals surface area (Å²) in [6, 6.07) is 12.8. The van der Waals surface area contributed by atoms with Crippen LogP contribution in [0.1, 0.15) is 5.56 Å². The number of nitrogens with one attached hydrogen (secondary N) is 1. The molecule has 9 nitrogen and oxygen atoms in total. The molecule has 30 heavy (non-hydrogen) atoms. The van der Waals surface area contributed by atoms with Crippen molar-refractivity contribution in [1.82, 2.24) is 9.62 Å². The number of carbonyl (C=O) groups is 1. The fraction of sp³-hybridized carbons (Fsp3) is 0.250. The van der Waals surface area contributed by atoms with Gasteiger partial charge in [-0.05, 0) is 36.9 Å². The number of hydrogen-bond donors (Lipinski definition) is 1. The van der Waals surface area contributed by atoms with Crippen LogP contribution in [-0.2, 0) is 14.8 Å². The van der Waals surface area contributed by atoms with Crippen LogP contribution in [0.15, 0.2) is 59.5 Å². The van der Waals surface area contributed by atoms with E-state index in [1.165, 1.54) is 31.3 Å². The summed E-state index contributed by atoms with van der Waals surface area (Å²) in [4.78, 5) is 27.0. The second-order valence-corrected chi connectivity index (χ2v) is 8.55. The molecule has 2 aromatic carbocycles. The van der Waals surface area contributed by atoms with Gasteiger partial charge in [0.2, 0.25) is 15.9 Å². The van der Waals surface area contributed by atoms with Crippen LogP contribution in [0, 0.1) is 10.1 Å². The second-order valence-electron chi connectivity index (χ2n) is 6.67. The van der Waals surface area contributed by atoms with Gasteiger partial charge in [-0.15, -0.1) is 0 Å². The number of amides is 1. The van der Waals surface area contributed by atoms with E-state index in [2.05, 4.69) is 4.72 Å². The Balaban J connectivity index is 1.60. The Labute approximate surface area is 174 Å². The summed E-state index contributed by atoms with van der Waals surface area (Å²) >= 11 is 0. The molecule has 0 atom stereocenters. The number of anilines is 1. The van der Waals surface area contributed by atoms with Gasteiger partial charge in [0.1, 0.15) is 5.69 Å². The van der Waals surface area contributed by atoms with E-state index in [4.69, 9.17) is 0 Å². The number of hydrogen-bond acceptors (Lipinski definition) is 6. The molecule has 1 saturated heterocycles. The van der Waals surface area contributed by atoms with E-state index in [-0.39, 0.29) is 16.5 Å². The summed E-state index contributed by atoms with van der Waals surface area (Å²) in [7, 11) is -2.15. The molecule has 0 aliphatic carbocycles. The molecule has 0 saturated carbocycles. The summed E-state index contributed by atoms with van der Waals surface area (Å²) in [6.07, 6.45) is 3.08. The van der Waals surface area contributed by atoms with E-state index < -0.39 is 14.9 Å². The summed E-state index contributed by atoms with van der Waals surface area (Å²) < 4.78 is 25.7. The molecule has 3 rings (SSSR count). The minimum atomic E-state index is -3.50. The predicted molar refractivity (Wildman–Crippen MR) is 114 cm³/mol. The molecule has 1 amide bonds. The van der Waals surface area contributed by atoms with Gasteiger partial charge in [-0.1, -0.05) is 24.3 Å². The Morgan fingerprint density at radius 2 is 1.70 bits per heavy atom. The molecule has 1 fully saturated rings. The maximum absolute atomic E-state index is 12.5. The highest BCUT2D eigenvalue weighted by atomic mass is 32.2. The van der Waals surface area contributed by atoms with Crippen molar-refractivity contribution in [2.24, 2.45) is 0 Å². The van der Waals surface area contributed by atoms with Gasteiger partial charge in [0.05, 0.1) is 9.82 Å². The van der Waals surface area contributed by atoms with E-state index in [1.54, 1.807) is 41.3 Å². The van der Waals surface area contributed by atoms with Crippen LogP contribution in [0.25, 0.3) is 6.08 Å². The van der Waals surface area contributed by atoms with E-state index in [0.717, 1.165) is 0 Å². The fourth-order valence-corrected chi connectivity index (χ4v) is 3.93. The van der Waals surface area contributed by atoms with E-state index >= 15 is 0 Å². The van der Waals surface area contributed by atoms with Gasteiger partial charge in [-0.3, -0.25) is 14.9 Å². The topological polar surface area (TPSA) is 113 Å². The van der Waals surface area contributed by atoms with E-state index in [9.17, 15) is 23.3 Å². The zero-order valence-corrected chi connectivity index (χ0v) is 17.2. The van der Waals surface area contributed by atoms with Crippen LogP contribution in [0.5, 0.6) is 0 Å². The van der Waals surface area contributed by atoms with E-state index in [1.807, 2.05) is 4.90 Å². The first kappa shape index (κ1) is 21.5. The molecule has 10 heteroatoms. The molecule has 1 aliphatic rings. The van der Waals surface area contributed by atoms with Crippen LogP contribution in [0.3, 0.4) is 0 Å². The van der Waals surface area contributed by atoms with Crippen LogP contribution in [0.4, 0.5) is 11.4 Å². The predicted octanol–water partition coefficient (Wildman–Crippen LogP) is 1.86. The van der Waals surface area contributed by atoms with Crippen molar-refractivity contribution in [2.75, 3.05) is 38.1 Å². The molecular formula is C20H22N4O5S. The first-order valence-electron chi connectivity index (χ1n) is 9.31. The van der Waals surface area contributed by atoms with Crippen LogP contribution >= 0.6 is 0 Å². The lowest BCUT2D eigenvalue weighted by Crippen LogP contribution is -2.48. The molecular weight excluding hydrogens is 408 g/mol. The third-order valence-corrected chi connectivity index (χ3v) is 6.32. The highest BCUT2D eigenvalue weighted by molar-refractivity contribution is 7.89. The van der Waals surface area contributed by atoms with Gasteiger partial charge < -0.3 is 9.80 Å². The normalized spacial score (nSPS) is 14.8. The van der Waals surface area contributed by atoms with Crippen molar-refractivity contribution in [3.63, 3.8) is 0 Å². The summed E-state index contributed by atoms with van der Waals surface area (Å²) in [5.41, 5.74) is 1.32. The van der Waals surface area contributed by atoms with Crippen molar-refractivity contribution in [1.29, 1.82) is 0 Å². The Morgan fingerprint density at radius 3 is 2.30 bits per heavy atom. The quantitative estimate of drug-likeness (QED) is 0.425. The lowest BCUT2D eigenvalue weighted by atomic mass is 10.2. The molecule has 1 N–H and O–H groups in total. The summed E-state index contributed by atoms with van der Waals surface area (Å²) in [6.45, 7) is 1.91. The molecule has 0 bridgehead atoms. The van der Waals surface area contributed by atoms with Crippen molar-refractivity contribution in [3.05, 3.63) is 70.3 Å². The first-order valence-corrected chi connectivity index (χ1v) is 10.8. The minimum absolute atomic E-state index is 0.0564. The molecule has 0 aromatic heterocycles. The van der Waals surface area contributed by atoms with Crippen molar-refractivity contribution >= 4 is 33.4 Å². The summed E-state index contributed by atoms with van der Waals surface area (Å²) in [5, 5.41) is 11.2. The fourth-order valence-electron chi connectivity index (χ4n) is 3.20. The molecule has 0 radical (unpaired) electrons. The SMILES string of the molecule is CNS(=O)(=O)c1ccc(/C=C/C(=O)N2CCN(c3ccccc3[N+](=O)[O-])CC2)cc1. The number of sulfonamides is 1. The molecule has 1 aliphatic heterocycles. The van der Waals surface area contributed by atoms with Gasteiger partial charge >= 0.3 is 0 Å². The molecule has 0 spiro atoms. The molecule has 158 valence electrons. The lowest BCUT2D eigenvalue weighted by molar-refractivity contribution is -0.384. The van der Waals surface area contributed by atoms with Crippen molar-refractivity contribution < 1.29 is 18.1 Å². The number of piperazine rings is 1. The van der Waals surface area contributed by atoms with Gasteiger partial charge in [-0.2, -0.15) is 0 Å². The average Bonchev–Trinajstić information content (AvgIpc) is 2.77. The van der Waals surface area contributed by atoms with Gasteiger partial charge in [0.25, 0.3) is 5.69 Å². The van der Waals surface area contributed by atoms with E-state index in [0.29, 0.717) is 37.4 Å². The van der Waals surface area contributed by atoms with Gasteiger partial charge in [0.15, 0.2) is 0 Å². The third kappa shape index (κ3) is 4.84. The Morgan fingerprint density at radius 1 is 1.07 bits per heavy atom. The standard InChI is InChI=1S/C20H22N4O5S/c1-21-30(28,29)17-9-6-16(7-10-17)8-11-20(25)23-14-12-22(13-15-23)18-4-2-3-5-19(18)24(26)27/h2-11,21H,12-15H2,1H3/b11-8+. The smallest absolute Gasteiger partial charge is 0.292 e. The molecule has 1 heterocycles. The van der Waals surface area contributed by atoms with Crippen molar-refractivity contribution in [2.45, 2.75) is 4.90 Å². The Hall–Kier alpha value is -3.24. The number of nitrogens with zero attached hydrogens (tertiary/aromatic N) is 3. The third-order valence-electron chi connectivity index (χ3n) is 4.89. The van der Waals surface area contributed by atoms with Crippen LogP contribution in [0.2, 0.25) is 0 Å². The summed E-state index contributed by atoms with van der Waals surface area (Å²) in [5.74, 6) is -0.163. The monoisotopic (exact) mass is 430 g/mol. The van der Waals surface area contributed by atoms with Crippen molar-refractivity contribution in [3.8, 4) is 0 Å². The number of rotatable bonds is 6. The molecule has 2 aromatic rings. The number of para-hydroxylation sites is 2. The highest BCUT2D eigenvalue weighted by Crippen LogP contribution is 2.28. The number of benzene rings is 2. The van der Waals surface area contributed by atoms with Crippen LogP contribution < -0.4 is 9.62 Å². The number of nitro groups is 1. The first-order chi connectivity index (χ1) is 14.3. The maximum atomic E-state index is 12.5.